The van der Waals surface area contributed by atoms with Gasteiger partial charge in [0.25, 0.3) is 0 Å². The molecule has 1 aromatic carbocycles. The van der Waals surface area contributed by atoms with Crippen LogP contribution in [0, 0.1) is 0 Å². The molecule has 0 fully saturated rings. The molecule has 0 aliphatic carbocycles. The van der Waals surface area contributed by atoms with Crippen LogP contribution in [0.15, 0.2) is 18.2 Å². The quantitative estimate of drug-likeness (QED) is 0.831. The monoisotopic (exact) mass is 281 g/mol. The largest absolute Gasteiger partial charge is 0.497 e. The first-order valence-corrected chi connectivity index (χ1v) is 6.55. The molecule has 0 unspecified atom stereocenters. The van der Waals surface area contributed by atoms with Crippen LogP contribution in [-0.4, -0.2) is 42.3 Å². The molecule has 0 spiro atoms. The Hall–Kier alpha value is -1.75. The number of hydrogen-bond acceptors (Lipinski definition) is 4. The average Bonchev–Trinajstić information content (AvgIpc) is 2.43. The fraction of sp³-hybridized carbons (Fsp3) is 0.533. The summed E-state index contributed by atoms with van der Waals surface area (Å²) in [5, 5.41) is 9.33. The van der Waals surface area contributed by atoms with Crippen LogP contribution in [-0.2, 0) is 11.3 Å². The van der Waals surface area contributed by atoms with Crippen molar-refractivity contribution in [2.45, 2.75) is 32.9 Å². The lowest BCUT2D eigenvalue weighted by Gasteiger charge is -2.34. The van der Waals surface area contributed by atoms with Crippen LogP contribution < -0.4 is 9.47 Å². The fourth-order valence-corrected chi connectivity index (χ4v) is 2.02. The molecule has 112 valence electrons. The molecule has 0 saturated heterocycles. The lowest BCUT2D eigenvalue weighted by Crippen LogP contribution is -2.49. The van der Waals surface area contributed by atoms with Crippen molar-refractivity contribution in [2.75, 3.05) is 20.8 Å². The summed E-state index contributed by atoms with van der Waals surface area (Å²) in [4.78, 5) is 13.3. The van der Waals surface area contributed by atoms with Crippen molar-refractivity contribution in [1.82, 2.24) is 4.90 Å². The number of carboxylic acids is 1. The van der Waals surface area contributed by atoms with Crippen molar-refractivity contribution < 1.29 is 19.4 Å². The molecule has 0 atom stereocenters. The van der Waals surface area contributed by atoms with E-state index in [4.69, 9.17) is 9.47 Å². The molecule has 5 heteroatoms. The summed E-state index contributed by atoms with van der Waals surface area (Å²) in [5.74, 6) is 0.557. The molecule has 0 aromatic heterocycles. The normalized spacial score (nSPS) is 11.5. The summed E-state index contributed by atoms with van der Waals surface area (Å²) in [6.07, 6.45) is 0. The van der Waals surface area contributed by atoms with Gasteiger partial charge >= 0.3 is 5.97 Å². The van der Waals surface area contributed by atoms with Gasteiger partial charge in [0.15, 0.2) is 0 Å². The molecule has 1 N–H and O–H groups in total. The second-order valence-corrected chi connectivity index (χ2v) is 5.10. The number of ether oxygens (including phenoxy) is 2. The summed E-state index contributed by atoms with van der Waals surface area (Å²) >= 11 is 0. The molecule has 0 aliphatic heterocycles. The Bertz CT molecular complexity index is 449. The van der Waals surface area contributed by atoms with E-state index in [2.05, 4.69) is 0 Å². The van der Waals surface area contributed by atoms with E-state index in [0.29, 0.717) is 24.6 Å². The zero-order valence-electron chi connectivity index (χ0n) is 12.8. The van der Waals surface area contributed by atoms with E-state index in [1.54, 1.807) is 34.1 Å². The smallest absolute Gasteiger partial charge is 0.323 e. The number of hydrogen-bond donors (Lipinski definition) is 1. The number of carbonyl (C=O) groups is 1. The Kier molecular flexibility index (Phi) is 5.39. The maximum atomic E-state index is 11.4. The van der Waals surface area contributed by atoms with Crippen molar-refractivity contribution in [3.8, 4) is 11.5 Å². The Labute approximate surface area is 120 Å². The molecule has 5 nitrogen and oxygen atoms in total. The number of aliphatic carboxylic acids is 1. The van der Waals surface area contributed by atoms with Crippen molar-refractivity contribution in [3.63, 3.8) is 0 Å². The number of methoxy groups -OCH3 is 2. The summed E-state index contributed by atoms with van der Waals surface area (Å²) < 4.78 is 10.5. The zero-order valence-corrected chi connectivity index (χ0v) is 12.8. The molecule has 0 aliphatic rings. The highest BCUT2D eigenvalue weighted by atomic mass is 16.5. The SMILES string of the molecule is CCN(Cc1cc(OC)cc(OC)c1)C(C)(C)C(=O)O. The molecule has 1 rings (SSSR count). The van der Waals surface area contributed by atoms with Gasteiger partial charge in [-0.15, -0.1) is 0 Å². The second-order valence-electron chi connectivity index (χ2n) is 5.10. The Balaban J connectivity index is 3.03. The molecular formula is C15H23NO4. The third-order valence-corrected chi connectivity index (χ3v) is 3.48. The van der Waals surface area contributed by atoms with E-state index in [1.165, 1.54) is 0 Å². The molecule has 1 aromatic rings. The number of nitrogens with zero attached hydrogens (tertiary/aromatic N) is 1. The van der Waals surface area contributed by atoms with E-state index in [0.717, 1.165) is 5.56 Å². The third-order valence-electron chi connectivity index (χ3n) is 3.48. The summed E-state index contributed by atoms with van der Waals surface area (Å²) in [6.45, 7) is 6.51. The Morgan fingerprint density at radius 1 is 1.20 bits per heavy atom. The van der Waals surface area contributed by atoms with Gasteiger partial charge in [0.1, 0.15) is 17.0 Å². The molecule has 0 saturated carbocycles. The van der Waals surface area contributed by atoms with E-state index < -0.39 is 11.5 Å². The topological polar surface area (TPSA) is 59.0 Å². The van der Waals surface area contributed by atoms with E-state index in [-0.39, 0.29) is 0 Å². The molecule has 0 heterocycles. The van der Waals surface area contributed by atoms with Gasteiger partial charge in [0.05, 0.1) is 14.2 Å². The zero-order chi connectivity index (χ0) is 15.3. The minimum absolute atomic E-state index is 0.517. The molecule has 0 bridgehead atoms. The predicted molar refractivity (Wildman–Crippen MR) is 77.3 cm³/mol. The number of likely N-dealkylation sites (N-methyl/N-ethyl adjacent to an activating group) is 1. The second kappa shape index (κ2) is 6.61. The highest BCUT2D eigenvalue weighted by Gasteiger charge is 2.33. The lowest BCUT2D eigenvalue weighted by molar-refractivity contribution is -0.149. The van der Waals surface area contributed by atoms with E-state index in [1.807, 2.05) is 24.0 Å². The van der Waals surface area contributed by atoms with Gasteiger partial charge in [-0.1, -0.05) is 6.92 Å². The van der Waals surface area contributed by atoms with Crippen LogP contribution in [0.4, 0.5) is 0 Å². The van der Waals surface area contributed by atoms with Crippen molar-refractivity contribution in [1.29, 1.82) is 0 Å². The molecule has 20 heavy (non-hydrogen) atoms. The number of rotatable bonds is 7. The van der Waals surface area contributed by atoms with Crippen LogP contribution in [0.1, 0.15) is 26.3 Å². The number of benzene rings is 1. The Morgan fingerprint density at radius 2 is 1.70 bits per heavy atom. The van der Waals surface area contributed by atoms with Gasteiger partial charge in [0, 0.05) is 12.6 Å². The van der Waals surface area contributed by atoms with Crippen LogP contribution in [0.2, 0.25) is 0 Å². The minimum atomic E-state index is -0.926. The van der Waals surface area contributed by atoms with E-state index >= 15 is 0 Å². The van der Waals surface area contributed by atoms with Gasteiger partial charge < -0.3 is 14.6 Å². The van der Waals surface area contributed by atoms with Crippen LogP contribution in [0.3, 0.4) is 0 Å². The first-order valence-electron chi connectivity index (χ1n) is 6.55. The minimum Gasteiger partial charge on any atom is -0.497 e. The van der Waals surface area contributed by atoms with Crippen LogP contribution in [0.25, 0.3) is 0 Å². The first-order chi connectivity index (χ1) is 9.34. The standard InChI is InChI=1S/C15H23NO4/c1-6-16(15(2,3)14(17)18)10-11-7-12(19-4)9-13(8-11)20-5/h7-9H,6,10H2,1-5H3,(H,17,18). The summed E-state index contributed by atoms with van der Waals surface area (Å²) in [5.41, 5.74) is 0.0304. The predicted octanol–water partition coefficient (Wildman–Crippen LogP) is 2.39. The number of carboxylic acid groups (broad SMARTS) is 1. The van der Waals surface area contributed by atoms with Gasteiger partial charge in [0.2, 0.25) is 0 Å². The highest BCUT2D eigenvalue weighted by molar-refractivity contribution is 5.77. The lowest BCUT2D eigenvalue weighted by atomic mass is 10.0. The van der Waals surface area contributed by atoms with Gasteiger partial charge in [-0.2, -0.15) is 0 Å². The third kappa shape index (κ3) is 3.63. The Morgan fingerprint density at radius 3 is 2.05 bits per heavy atom. The summed E-state index contributed by atoms with van der Waals surface area (Å²) in [6, 6.07) is 5.58. The van der Waals surface area contributed by atoms with Gasteiger partial charge in [-0.25, -0.2) is 0 Å². The van der Waals surface area contributed by atoms with Crippen molar-refractivity contribution >= 4 is 5.97 Å². The molecule has 0 radical (unpaired) electrons. The summed E-state index contributed by atoms with van der Waals surface area (Å²) in [7, 11) is 3.19. The first kappa shape index (κ1) is 16.3. The molecular weight excluding hydrogens is 258 g/mol. The van der Waals surface area contributed by atoms with Gasteiger partial charge in [-0.3, -0.25) is 9.69 Å². The average molecular weight is 281 g/mol. The van der Waals surface area contributed by atoms with Crippen molar-refractivity contribution in [3.05, 3.63) is 23.8 Å². The molecule has 0 amide bonds. The van der Waals surface area contributed by atoms with Crippen LogP contribution in [0.5, 0.6) is 11.5 Å². The maximum absolute atomic E-state index is 11.4. The van der Waals surface area contributed by atoms with Crippen LogP contribution >= 0.6 is 0 Å². The van der Waals surface area contributed by atoms with Gasteiger partial charge in [-0.05, 0) is 38.1 Å². The fourth-order valence-electron chi connectivity index (χ4n) is 2.02. The maximum Gasteiger partial charge on any atom is 0.323 e. The highest BCUT2D eigenvalue weighted by Crippen LogP contribution is 2.25. The van der Waals surface area contributed by atoms with Crippen molar-refractivity contribution in [2.24, 2.45) is 0 Å². The van der Waals surface area contributed by atoms with E-state index in [9.17, 15) is 9.90 Å².